The molecule has 154 valence electrons. The maximum atomic E-state index is 12.7. The quantitative estimate of drug-likeness (QED) is 0.536. The van der Waals surface area contributed by atoms with Crippen molar-refractivity contribution in [3.63, 3.8) is 0 Å². The summed E-state index contributed by atoms with van der Waals surface area (Å²) in [7, 11) is 0. The largest absolute Gasteiger partial charge is 0.483 e. The molecule has 0 spiro atoms. The Bertz CT molecular complexity index is 708. The predicted molar refractivity (Wildman–Crippen MR) is 103 cm³/mol. The van der Waals surface area contributed by atoms with Crippen LogP contribution in [0.3, 0.4) is 0 Å². The van der Waals surface area contributed by atoms with Gasteiger partial charge >= 0.3 is 6.18 Å². The number of aliphatic hydroxyl groups is 1. The van der Waals surface area contributed by atoms with E-state index in [4.69, 9.17) is 10.5 Å². The minimum Gasteiger partial charge on any atom is -0.483 e. The smallest absolute Gasteiger partial charge is 0.416 e. The lowest BCUT2D eigenvalue weighted by molar-refractivity contribution is -0.137. The van der Waals surface area contributed by atoms with E-state index in [1.807, 2.05) is 30.3 Å². The van der Waals surface area contributed by atoms with Gasteiger partial charge in [-0.2, -0.15) is 13.2 Å². The Morgan fingerprint density at radius 1 is 1.07 bits per heavy atom. The third-order valence-electron chi connectivity index (χ3n) is 4.58. The molecule has 0 aliphatic heterocycles. The van der Waals surface area contributed by atoms with Crippen LogP contribution in [-0.4, -0.2) is 30.0 Å². The van der Waals surface area contributed by atoms with Gasteiger partial charge in [-0.25, -0.2) is 0 Å². The van der Waals surface area contributed by atoms with Crippen molar-refractivity contribution < 1.29 is 23.0 Å². The summed E-state index contributed by atoms with van der Waals surface area (Å²) in [5.74, 6) is 0.261. The summed E-state index contributed by atoms with van der Waals surface area (Å²) in [6.45, 7) is 2.67. The van der Waals surface area contributed by atoms with Crippen LogP contribution in [0.1, 0.15) is 30.9 Å². The van der Waals surface area contributed by atoms with Crippen LogP contribution in [0.4, 0.5) is 13.2 Å². The predicted octanol–water partition coefficient (Wildman–Crippen LogP) is 3.73. The number of alkyl halides is 3. The Morgan fingerprint density at radius 3 is 2.29 bits per heavy atom. The van der Waals surface area contributed by atoms with Crippen LogP contribution in [0.25, 0.3) is 0 Å². The highest BCUT2D eigenvalue weighted by Gasteiger charge is 2.35. The second-order valence-electron chi connectivity index (χ2n) is 6.92. The van der Waals surface area contributed by atoms with Gasteiger partial charge in [-0.15, -0.1) is 0 Å². The first kappa shape index (κ1) is 22.2. The zero-order valence-corrected chi connectivity index (χ0v) is 15.9. The van der Waals surface area contributed by atoms with E-state index in [9.17, 15) is 18.3 Å². The SMILES string of the molecule is CC(CCCN)(Oc1ccc(C(F)(F)F)cc1)C(O)NCCc1ccccc1. The van der Waals surface area contributed by atoms with Gasteiger partial charge in [0.15, 0.2) is 0 Å². The Kier molecular flexibility index (Phi) is 7.86. The first-order valence-corrected chi connectivity index (χ1v) is 9.26. The summed E-state index contributed by atoms with van der Waals surface area (Å²) in [6, 6.07) is 14.3. The Hall–Kier alpha value is -2.09. The fraction of sp³-hybridized carbons (Fsp3) is 0.429. The number of rotatable bonds is 10. The van der Waals surface area contributed by atoms with Crippen LogP contribution in [0.5, 0.6) is 5.75 Å². The number of benzene rings is 2. The Morgan fingerprint density at radius 2 is 1.71 bits per heavy atom. The number of hydrogen-bond donors (Lipinski definition) is 3. The van der Waals surface area contributed by atoms with E-state index < -0.39 is 23.6 Å². The first-order valence-electron chi connectivity index (χ1n) is 9.26. The summed E-state index contributed by atoms with van der Waals surface area (Å²) in [5.41, 5.74) is 4.95. The van der Waals surface area contributed by atoms with Crippen molar-refractivity contribution in [2.24, 2.45) is 5.73 Å². The minimum atomic E-state index is -4.40. The lowest BCUT2D eigenvalue weighted by Crippen LogP contribution is -2.53. The average Bonchev–Trinajstić information content (AvgIpc) is 2.67. The van der Waals surface area contributed by atoms with E-state index in [-0.39, 0.29) is 5.75 Å². The van der Waals surface area contributed by atoms with Gasteiger partial charge in [0.05, 0.1) is 5.56 Å². The molecule has 2 rings (SSSR count). The van der Waals surface area contributed by atoms with Crippen molar-refractivity contribution in [2.75, 3.05) is 13.1 Å². The van der Waals surface area contributed by atoms with Gasteiger partial charge in [-0.05, 0) is 62.6 Å². The third kappa shape index (κ3) is 6.51. The van der Waals surface area contributed by atoms with Crippen LogP contribution in [0, 0.1) is 0 Å². The van der Waals surface area contributed by atoms with Gasteiger partial charge in [0.1, 0.15) is 17.6 Å². The molecule has 4 N–H and O–H groups in total. The molecule has 0 heterocycles. The molecule has 2 unspecified atom stereocenters. The number of nitrogens with two attached hydrogens (primary N) is 1. The molecule has 2 aromatic rings. The summed E-state index contributed by atoms with van der Waals surface area (Å²) in [6.07, 6.45) is -3.63. The van der Waals surface area contributed by atoms with Gasteiger partial charge in [0.2, 0.25) is 0 Å². The monoisotopic (exact) mass is 396 g/mol. The van der Waals surface area contributed by atoms with Gasteiger partial charge in [-0.3, -0.25) is 5.32 Å². The lowest BCUT2D eigenvalue weighted by atomic mass is 9.97. The summed E-state index contributed by atoms with van der Waals surface area (Å²) in [5, 5.41) is 13.7. The highest BCUT2D eigenvalue weighted by atomic mass is 19.4. The number of halogens is 3. The maximum absolute atomic E-state index is 12.7. The summed E-state index contributed by atoms with van der Waals surface area (Å²) < 4.78 is 44.1. The fourth-order valence-corrected chi connectivity index (χ4v) is 2.89. The van der Waals surface area contributed by atoms with Gasteiger partial charge in [-0.1, -0.05) is 30.3 Å². The van der Waals surface area contributed by atoms with E-state index in [1.54, 1.807) is 6.92 Å². The number of ether oxygens (including phenoxy) is 1. The van der Waals surface area contributed by atoms with Gasteiger partial charge < -0.3 is 15.6 Å². The van der Waals surface area contributed by atoms with Crippen LogP contribution in [-0.2, 0) is 12.6 Å². The Labute approximate surface area is 163 Å². The highest BCUT2D eigenvalue weighted by Crippen LogP contribution is 2.32. The topological polar surface area (TPSA) is 67.5 Å². The van der Waals surface area contributed by atoms with E-state index in [2.05, 4.69) is 5.32 Å². The van der Waals surface area contributed by atoms with Gasteiger partial charge in [0.25, 0.3) is 0 Å². The summed E-state index contributed by atoms with van der Waals surface area (Å²) in [4.78, 5) is 0. The summed E-state index contributed by atoms with van der Waals surface area (Å²) >= 11 is 0. The molecule has 7 heteroatoms. The third-order valence-corrected chi connectivity index (χ3v) is 4.58. The molecular formula is C21H27F3N2O2. The molecule has 0 aliphatic rings. The van der Waals surface area contributed by atoms with E-state index in [0.29, 0.717) is 25.9 Å². The molecule has 0 fully saturated rings. The van der Waals surface area contributed by atoms with E-state index in [0.717, 1.165) is 24.1 Å². The van der Waals surface area contributed by atoms with Crippen LogP contribution in [0.2, 0.25) is 0 Å². The standard InChI is InChI=1S/C21H27F3N2O2/c1-20(13-5-14-25,19(27)26-15-12-16-6-3-2-4-7-16)28-18-10-8-17(9-11-18)21(22,23)24/h2-4,6-11,19,26-27H,5,12-15,25H2,1H3. The highest BCUT2D eigenvalue weighted by molar-refractivity contribution is 5.29. The molecule has 28 heavy (non-hydrogen) atoms. The molecule has 0 radical (unpaired) electrons. The number of hydrogen-bond acceptors (Lipinski definition) is 4. The molecule has 0 saturated carbocycles. The zero-order valence-electron chi connectivity index (χ0n) is 15.9. The second-order valence-corrected chi connectivity index (χ2v) is 6.92. The zero-order chi connectivity index (χ0) is 20.6. The van der Waals surface area contributed by atoms with Crippen molar-refractivity contribution in [1.82, 2.24) is 5.32 Å². The molecule has 0 saturated heterocycles. The van der Waals surface area contributed by atoms with Crippen molar-refractivity contribution >= 4 is 0 Å². The molecule has 2 atom stereocenters. The van der Waals surface area contributed by atoms with Crippen molar-refractivity contribution in [3.8, 4) is 5.75 Å². The molecule has 4 nitrogen and oxygen atoms in total. The fourth-order valence-electron chi connectivity index (χ4n) is 2.89. The van der Waals surface area contributed by atoms with Crippen LogP contribution < -0.4 is 15.8 Å². The first-order chi connectivity index (χ1) is 13.2. The molecule has 0 aromatic heterocycles. The molecule has 2 aromatic carbocycles. The average molecular weight is 396 g/mol. The molecule has 0 amide bonds. The van der Waals surface area contributed by atoms with Crippen LogP contribution >= 0.6 is 0 Å². The maximum Gasteiger partial charge on any atom is 0.416 e. The number of aliphatic hydroxyl groups excluding tert-OH is 1. The molecular weight excluding hydrogens is 369 g/mol. The lowest BCUT2D eigenvalue weighted by Gasteiger charge is -2.36. The normalized spacial score (nSPS) is 15.1. The van der Waals surface area contributed by atoms with Gasteiger partial charge in [0, 0.05) is 6.54 Å². The molecule has 0 bridgehead atoms. The van der Waals surface area contributed by atoms with Crippen molar-refractivity contribution in [3.05, 3.63) is 65.7 Å². The Balaban J connectivity index is 2.02. The van der Waals surface area contributed by atoms with Crippen LogP contribution in [0.15, 0.2) is 54.6 Å². The number of nitrogens with one attached hydrogen (secondary N) is 1. The molecule has 0 aliphatic carbocycles. The second kappa shape index (κ2) is 9.91. The van der Waals surface area contributed by atoms with Crippen molar-refractivity contribution in [2.45, 2.75) is 44.2 Å². The van der Waals surface area contributed by atoms with Crippen molar-refractivity contribution in [1.29, 1.82) is 0 Å². The van der Waals surface area contributed by atoms with E-state index >= 15 is 0 Å². The van der Waals surface area contributed by atoms with E-state index in [1.165, 1.54) is 12.1 Å². The minimum absolute atomic E-state index is 0.261.